The zero-order valence-corrected chi connectivity index (χ0v) is 12.1. The van der Waals surface area contributed by atoms with E-state index in [1.54, 1.807) is 6.92 Å². The van der Waals surface area contributed by atoms with Gasteiger partial charge >= 0.3 is 0 Å². The Kier molecular flexibility index (Phi) is 5.79. The maximum absolute atomic E-state index is 11.8. The van der Waals surface area contributed by atoms with E-state index in [-0.39, 0.29) is 17.7 Å². The van der Waals surface area contributed by atoms with Crippen LogP contribution < -0.4 is 5.32 Å². The molecule has 4 nitrogen and oxygen atoms in total. The van der Waals surface area contributed by atoms with Crippen molar-refractivity contribution in [3.63, 3.8) is 0 Å². The third-order valence-corrected chi connectivity index (χ3v) is 6.28. The summed E-state index contributed by atoms with van der Waals surface area (Å²) in [6, 6.07) is 0.156. The summed E-state index contributed by atoms with van der Waals surface area (Å²) in [5.41, 5.74) is 0. The van der Waals surface area contributed by atoms with Crippen molar-refractivity contribution in [3.05, 3.63) is 0 Å². The van der Waals surface area contributed by atoms with Crippen LogP contribution in [0.2, 0.25) is 0 Å². The molecule has 1 saturated heterocycles. The lowest BCUT2D eigenvalue weighted by molar-refractivity contribution is -0.121. The van der Waals surface area contributed by atoms with Crippen LogP contribution in [0.25, 0.3) is 0 Å². The van der Waals surface area contributed by atoms with Crippen molar-refractivity contribution >= 4 is 27.5 Å². The van der Waals surface area contributed by atoms with Crippen LogP contribution in [0.3, 0.4) is 0 Å². The highest BCUT2D eigenvalue weighted by Gasteiger charge is 2.28. The first kappa shape index (κ1) is 14.8. The molecule has 1 N–H and O–H groups in total. The van der Waals surface area contributed by atoms with Gasteiger partial charge in [-0.2, -0.15) is 11.8 Å². The molecular formula is C11H21NO3S2. The van der Waals surface area contributed by atoms with E-state index in [0.717, 1.165) is 24.3 Å². The van der Waals surface area contributed by atoms with Crippen molar-refractivity contribution in [3.8, 4) is 0 Å². The van der Waals surface area contributed by atoms with Crippen LogP contribution in [-0.4, -0.2) is 42.9 Å². The van der Waals surface area contributed by atoms with Crippen molar-refractivity contribution in [2.75, 3.05) is 17.3 Å². The highest BCUT2D eigenvalue weighted by atomic mass is 32.2. The third kappa shape index (κ3) is 4.50. The molecule has 0 spiro atoms. The highest BCUT2D eigenvalue weighted by molar-refractivity contribution is 7.99. The first-order valence-corrected chi connectivity index (χ1v) is 8.94. The largest absolute Gasteiger partial charge is 0.352 e. The topological polar surface area (TPSA) is 63.2 Å². The summed E-state index contributed by atoms with van der Waals surface area (Å²) < 4.78 is 23.5. The second-order valence-corrected chi connectivity index (χ2v) is 8.07. The molecule has 0 aliphatic carbocycles. The van der Waals surface area contributed by atoms with Gasteiger partial charge in [-0.25, -0.2) is 8.42 Å². The monoisotopic (exact) mass is 279 g/mol. The Labute approximate surface area is 108 Å². The van der Waals surface area contributed by atoms with E-state index in [4.69, 9.17) is 0 Å². The van der Waals surface area contributed by atoms with Crippen molar-refractivity contribution in [2.45, 2.75) is 44.4 Å². The number of rotatable bonds is 5. The summed E-state index contributed by atoms with van der Waals surface area (Å²) in [7, 11) is -3.28. The lowest BCUT2D eigenvalue weighted by Crippen LogP contribution is -2.45. The molecule has 0 bridgehead atoms. The number of hydrogen-bond acceptors (Lipinski definition) is 4. The molecule has 6 heteroatoms. The molecule has 1 fully saturated rings. The Morgan fingerprint density at radius 2 is 2.00 bits per heavy atom. The average molecular weight is 279 g/mol. The molecule has 1 aliphatic rings. The van der Waals surface area contributed by atoms with Gasteiger partial charge in [-0.15, -0.1) is 0 Å². The molecule has 1 amide bonds. The van der Waals surface area contributed by atoms with E-state index in [9.17, 15) is 13.2 Å². The number of thioether (sulfide) groups is 1. The molecule has 100 valence electrons. The van der Waals surface area contributed by atoms with E-state index < -0.39 is 15.1 Å². The Morgan fingerprint density at radius 3 is 2.53 bits per heavy atom. The summed E-state index contributed by atoms with van der Waals surface area (Å²) in [6.45, 7) is 3.29. The van der Waals surface area contributed by atoms with Crippen LogP contribution in [0, 0.1) is 0 Å². The number of hydrogen-bond donors (Lipinski definition) is 1. The third-order valence-electron chi connectivity index (χ3n) is 2.96. The van der Waals surface area contributed by atoms with E-state index in [0.29, 0.717) is 6.42 Å². The van der Waals surface area contributed by atoms with Crippen LogP contribution in [0.4, 0.5) is 0 Å². The Hall–Kier alpha value is -0.230. The maximum atomic E-state index is 11.8. The van der Waals surface area contributed by atoms with Crippen molar-refractivity contribution in [1.82, 2.24) is 5.32 Å². The van der Waals surface area contributed by atoms with Crippen LogP contribution in [-0.2, 0) is 14.6 Å². The lowest BCUT2D eigenvalue weighted by atomic mass is 10.1. The van der Waals surface area contributed by atoms with Gasteiger partial charge in [0.15, 0.2) is 9.84 Å². The zero-order chi connectivity index (χ0) is 12.9. The average Bonchev–Trinajstić information content (AvgIpc) is 2.29. The van der Waals surface area contributed by atoms with Crippen LogP contribution in [0.5, 0.6) is 0 Å². The molecule has 1 aliphatic heterocycles. The van der Waals surface area contributed by atoms with Crippen molar-refractivity contribution in [1.29, 1.82) is 0 Å². The van der Waals surface area contributed by atoms with Gasteiger partial charge < -0.3 is 5.32 Å². The first-order chi connectivity index (χ1) is 7.97. The van der Waals surface area contributed by atoms with Gasteiger partial charge in [0.25, 0.3) is 0 Å². The van der Waals surface area contributed by atoms with E-state index in [2.05, 4.69) is 5.32 Å². The minimum atomic E-state index is -3.28. The first-order valence-electron chi connectivity index (χ1n) is 6.07. The molecular weight excluding hydrogens is 258 g/mol. The smallest absolute Gasteiger partial charge is 0.238 e. The molecule has 0 unspecified atom stereocenters. The summed E-state index contributed by atoms with van der Waals surface area (Å²) in [5.74, 6) is 1.83. The molecule has 0 saturated carbocycles. The second kappa shape index (κ2) is 6.64. The van der Waals surface area contributed by atoms with Crippen LogP contribution in [0.15, 0.2) is 0 Å². The molecule has 0 radical (unpaired) electrons. The van der Waals surface area contributed by atoms with Crippen molar-refractivity contribution < 1.29 is 13.2 Å². The zero-order valence-electron chi connectivity index (χ0n) is 10.4. The number of carbonyl (C=O) groups excluding carboxylic acids is 1. The van der Waals surface area contributed by atoms with Crippen molar-refractivity contribution in [2.24, 2.45) is 0 Å². The molecule has 0 aromatic heterocycles. The van der Waals surface area contributed by atoms with Crippen LogP contribution >= 0.6 is 11.8 Å². The van der Waals surface area contributed by atoms with Gasteiger partial charge in [0.2, 0.25) is 5.91 Å². The quantitative estimate of drug-likeness (QED) is 0.821. The summed E-state index contributed by atoms with van der Waals surface area (Å²) in [4.78, 5) is 11.8. The number of amides is 1. The standard InChI is InChI=1S/C11H21NO3S2/c1-3-8-17(14,15)9(2)11(13)12-10-4-6-16-7-5-10/h9-10H,3-8H2,1-2H3,(H,12,13)/t9-/m0/s1. The maximum Gasteiger partial charge on any atom is 0.238 e. The fourth-order valence-electron chi connectivity index (χ4n) is 1.78. The van der Waals surface area contributed by atoms with Gasteiger partial charge in [0.05, 0.1) is 5.75 Å². The predicted molar refractivity (Wildman–Crippen MR) is 72.0 cm³/mol. The van der Waals surface area contributed by atoms with Gasteiger partial charge in [-0.1, -0.05) is 6.92 Å². The molecule has 0 aromatic rings. The summed E-state index contributed by atoms with van der Waals surface area (Å²) in [6.07, 6.45) is 2.44. The van der Waals surface area contributed by atoms with Gasteiger partial charge in [0.1, 0.15) is 5.25 Å². The summed E-state index contributed by atoms with van der Waals surface area (Å²) >= 11 is 1.88. The Morgan fingerprint density at radius 1 is 1.41 bits per heavy atom. The van der Waals surface area contributed by atoms with E-state index in [1.165, 1.54) is 6.92 Å². The second-order valence-electron chi connectivity index (χ2n) is 4.40. The SMILES string of the molecule is CCCS(=O)(=O)[C@@H](C)C(=O)NC1CCSCC1. The molecule has 1 heterocycles. The predicted octanol–water partition coefficient (Wildman–Crippen LogP) is 1.21. The fourth-order valence-corrected chi connectivity index (χ4v) is 4.21. The molecule has 1 rings (SSSR count). The lowest BCUT2D eigenvalue weighted by Gasteiger charge is -2.24. The normalized spacial score (nSPS) is 19.9. The number of nitrogens with one attached hydrogen (secondary N) is 1. The van der Waals surface area contributed by atoms with E-state index >= 15 is 0 Å². The molecule has 17 heavy (non-hydrogen) atoms. The highest BCUT2D eigenvalue weighted by Crippen LogP contribution is 2.17. The Balaban J connectivity index is 2.51. The van der Waals surface area contributed by atoms with Crippen LogP contribution in [0.1, 0.15) is 33.1 Å². The van der Waals surface area contributed by atoms with Gasteiger partial charge in [-0.3, -0.25) is 4.79 Å². The fraction of sp³-hybridized carbons (Fsp3) is 0.909. The number of carbonyl (C=O) groups is 1. The molecule has 0 aromatic carbocycles. The molecule has 1 atom stereocenters. The Bertz CT molecular complexity index is 348. The van der Waals surface area contributed by atoms with Gasteiger partial charge in [-0.05, 0) is 37.7 Å². The number of sulfone groups is 1. The summed E-state index contributed by atoms with van der Waals surface area (Å²) in [5, 5.41) is 1.93. The minimum Gasteiger partial charge on any atom is -0.352 e. The minimum absolute atomic E-state index is 0.0854. The van der Waals surface area contributed by atoms with Gasteiger partial charge in [0, 0.05) is 6.04 Å². The van der Waals surface area contributed by atoms with E-state index in [1.807, 2.05) is 11.8 Å².